The summed E-state index contributed by atoms with van der Waals surface area (Å²) in [6, 6.07) is 19.6. The van der Waals surface area contributed by atoms with Gasteiger partial charge in [0.25, 0.3) is 0 Å². The summed E-state index contributed by atoms with van der Waals surface area (Å²) in [7, 11) is 0. The fraction of sp³-hybridized carbons (Fsp3) is 0.393. The molecule has 36 heavy (non-hydrogen) atoms. The molecule has 8 heteroatoms. The number of aromatic nitrogens is 2. The van der Waals surface area contributed by atoms with E-state index < -0.39 is 0 Å². The lowest BCUT2D eigenvalue weighted by molar-refractivity contribution is -0.136. The smallest absolute Gasteiger partial charge is 0.225 e. The van der Waals surface area contributed by atoms with Gasteiger partial charge in [-0.2, -0.15) is 0 Å². The number of para-hydroxylation sites is 3. The quantitative estimate of drug-likeness (QED) is 0.494. The molecule has 2 aliphatic rings. The number of hydrogen-bond acceptors (Lipinski definition) is 7. The second-order valence-electron chi connectivity index (χ2n) is 9.10. The predicted molar refractivity (Wildman–Crippen MR) is 140 cm³/mol. The van der Waals surface area contributed by atoms with Gasteiger partial charge in [-0.25, -0.2) is 9.97 Å². The fourth-order valence-corrected chi connectivity index (χ4v) is 4.95. The van der Waals surface area contributed by atoms with Crippen molar-refractivity contribution in [3.8, 4) is 17.4 Å². The summed E-state index contributed by atoms with van der Waals surface area (Å²) in [5.41, 5.74) is 1.11. The van der Waals surface area contributed by atoms with Crippen LogP contribution in [-0.4, -0.2) is 66.7 Å². The topological polar surface area (TPSA) is 71.0 Å². The molecule has 2 fully saturated rings. The molecule has 0 bridgehead atoms. The molecule has 0 aliphatic carbocycles. The zero-order valence-corrected chi connectivity index (χ0v) is 20.8. The standard InChI is InChI=1S/C28H33N5O3/c1-2-35-25-11-7-6-10-24(25)31-16-18-33(19-17-31)28(34)22-12-14-32(15-13-22)26-20-27(30-21-29-26)36-23-8-4-3-5-9-23/h3-11,20-22H,2,12-19H2,1H3. The Balaban J connectivity index is 1.13. The Morgan fingerprint density at radius 1 is 0.889 bits per heavy atom. The van der Waals surface area contributed by atoms with E-state index in [1.54, 1.807) is 0 Å². The van der Waals surface area contributed by atoms with Crippen molar-refractivity contribution < 1.29 is 14.3 Å². The summed E-state index contributed by atoms with van der Waals surface area (Å²) < 4.78 is 11.7. The number of piperazine rings is 1. The second-order valence-corrected chi connectivity index (χ2v) is 9.10. The van der Waals surface area contributed by atoms with Crippen LogP contribution in [0.2, 0.25) is 0 Å². The first-order valence-corrected chi connectivity index (χ1v) is 12.8. The van der Waals surface area contributed by atoms with Crippen molar-refractivity contribution in [2.75, 3.05) is 55.7 Å². The molecule has 3 heterocycles. The van der Waals surface area contributed by atoms with E-state index in [1.807, 2.05) is 66.4 Å². The van der Waals surface area contributed by atoms with Crippen LogP contribution in [0.25, 0.3) is 0 Å². The molecule has 2 aromatic carbocycles. The minimum Gasteiger partial charge on any atom is -0.492 e. The first-order valence-electron chi connectivity index (χ1n) is 12.8. The van der Waals surface area contributed by atoms with E-state index in [9.17, 15) is 4.79 Å². The van der Waals surface area contributed by atoms with Crippen LogP contribution in [0.3, 0.4) is 0 Å². The minimum absolute atomic E-state index is 0.0605. The van der Waals surface area contributed by atoms with Crippen LogP contribution in [0.1, 0.15) is 19.8 Å². The van der Waals surface area contributed by atoms with Crippen LogP contribution in [0.4, 0.5) is 11.5 Å². The summed E-state index contributed by atoms with van der Waals surface area (Å²) in [5, 5.41) is 0. The highest BCUT2D eigenvalue weighted by molar-refractivity contribution is 5.79. The molecule has 2 saturated heterocycles. The molecule has 1 aromatic heterocycles. The van der Waals surface area contributed by atoms with Crippen LogP contribution >= 0.6 is 0 Å². The number of nitrogens with zero attached hydrogens (tertiary/aromatic N) is 5. The average molecular weight is 488 g/mol. The number of ether oxygens (including phenoxy) is 2. The normalized spacial score (nSPS) is 16.6. The van der Waals surface area contributed by atoms with Crippen molar-refractivity contribution >= 4 is 17.4 Å². The molecule has 0 atom stereocenters. The summed E-state index contributed by atoms with van der Waals surface area (Å²) in [6.07, 6.45) is 3.18. The van der Waals surface area contributed by atoms with E-state index in [2.05, 4.69) is 25.8 Å². The highest BCUT2D eigenvalue weighted by Crippen LogP contribution is 2.30. The first kappa shape index (κ1) is 23.9. The van der Waals surface area contributed by atoms with Gasteiger partial charge in [0.05, 0.1) is 12.3 Å². The zero-order chi connectivity index (χ0) is 24.7. The molecule has 3 aromatic rings. The average Bonchev–Trinajstić information content (AvgIpc) is 2.94. The maximum absolute atomic E-state index is 13.3. The third-order valence-electron chi connectivity index (χ3n) is 6.86. The first-order chi connectivity index (χ1) is 17.7. The number of hydrogen-bond donors (Lipinski definition) is 0. The molecular weight excluding hydrogens is 454 g/mol. The van der Waals surface area contributed by atoms with Gasteiger partial charge in [-0.3, -0.25) is 4.79 Å². The van der Waals surface area contributed by atoms with Crippen LogP contribution in [0.15, 0.2) is 67.0 Å². The number of anilines is 2. The molecule has 1 amide bonds. The Bertz CT molecular complexity index is 1140. The minimum atomic E-state index is 0.0605. The number of rotatable bonds is 7. The van der Waals surface area contributed by atoms with E-state index in [-0.39, 0.29) is 11.8 Å². The SMILES string of the molecule is CCOc1ccccc1N1CCN(C(=O)C2CCN(c3cc(Oc4ccccc4)ncn3)CC2)CC1. The number of piperidine rings is 1. The van der Waals surface area contributed by atoms with Crippen molar-refractivity contribution in [2.45, 2.75) is 19.8 Å². The number of benzene rings is 2. The third-order valence-corrected chi connectivity index (χ3v) is 6.86. The largest absolute Gasteiger partial charge is 0.492 e. The van der Waals surface area contributed by atoms with Gasteiger partial charge in [0.2, 0.25) is 11.8 Å². The van der Waals surface area contributed by atoms with Crippen molar-refractivity contribution in [2.24, 2.45) is 5.92 Å². The monoisotopic (exact) mass is 487 g/mol. The van der Waals surface area contributed by atoms with Crippen LogP contribution in [0, 0.1) is 5.92 Å². The molecule has 8 nitrogen and oxygen atoms in total. The van der Waals surface area contributed by atoms with E-state index in [1.165, 1.54) is 6.33 Å². The number of carbonyl (C=O) groups excluding carboxylic acids is 1. The second kappa shape index (κ2) is 11.3. The van der Waals surface area contributed by atoms with Gasteiger partial charge in [-0.1, -0.05) is 30.3 Å². The molecule has 0 radical (unpaired) electrons. The highest BCUT2D eigenvalue weighted by Gasteiger charge is 2.31. The maximum atomic E-state index is 13.3. The Morgan fingerprint density at radius 3 is 2.36 bits per heavy atom. The van der Waals surface area contributed by atoms with Crippen LogP contribution in [-0.2, 0) is 4.79 Å². The van der Waals surface area contributed by atoms with Crippen molar-refractivity contribution in [3.63, 3.8) is 0 Å². The summed E-state index contributed by atoms with van der Waals surface area (Å²) in [5.74, 6) is 3.35. The molecular formula is C28H33N5O3. The zero-order valence-electron chi connectivity index (χ0n) is 20.8. The van der Waals surface area contributed by atoms with E-state index in [0.29, 0.717) is 12.5 Å². The van der Waals surface area contributed by atoms with Gasteiger partial charge < -0.3 is 24.2 Å². The van der Waals surface area contributed by atoms with Gasteiger partial charge in [0, 0.05) is 51.3 Å². The molecule has 0 N–H and O–H groups in total. The number of amides is 1. The lowest BCUT2D eigenvalue weighted by Crippen LogP contribution is -2.51. The molecule has 188 valence electrons. The maximum Gasteiger partial charge on any atom is 0.225 e. The van der Waals surface area contributed by atoms with Gasteiger partial charge in [0.1, 0.15) is 23.6 Å². The van der Waals surface area contributed by atoms with Crippen molar-refractivity contribution in [1.82, 2.24) is 14.9 Å². The van der Waals surface area contributed by atoms with Gasteiger partial charge in [-0.15, -0.1) is 0 Å². The fourth-order valence-electron chi connectivity index (χ4n) is 4.95. The summed E-state index contributed by atoms with van der Waals surface area (Å²) in [6.45, 7) is 7.35. The Kier molecular flexibility index (Phi) is 7.50. The molecule has 0 spiro atoms. The van der Waals surface area contributed by atoms with E-state index in [0.717, 1.165) is 75.1 Å². The van der Waals surface area contributed by atoms with E-state index in [4.69, 9.17) is 9.47 Å². The van der Waals surface area contributed by atoms with E-state index >= 15 is 0 Å². The Hall–Kier alpha value is -3.81. The third kappa shape index (κ3) is 5.53. The summed E-state index contributed by atoms with van der Waals surface area (Å²) in [4.78, 5) is 28.5. The van der Waals surface area contributed by atoms with Crippen molar-refractivity contribution in [3.05, 3.63) is 67.0 Å². The molecule has 2 aliphatic heterocycles. The predicted octanol–water partition coefficient (Wildman–Crippen LogP) is 4.23. The lowest BCUT2D eigenvalue weighted by atomic mass is 9.95. The number of carbonyl (C=O) groups is 1. The Morgan fingerprint density at radius 2 is 1.61 bits per heavy atom. The van der Waals surface area contributed by atoms with Crippen molar-refractivity contribution in [1.29, 1.82) is 0 Å². The molecule has 0 saturated carbocycles. The van der Waals surface area contributed by atoms with Gasteiger partial charge in [-0.05, 0) is 44.0 Å². The summed E-state index contributed by atoms with van der Waals surface area (Å²) >= 11 is 0. The lowest BCUT2D eigenvalue weighted by Gasteiger charge is -2.39. The Labute approximate surface area is 212 Å². The molecule has 5 rings (SSSR count). The highest BCUT2D eigenvalue weighted by atomic mass is 16.5. The van der Waals surface area contributed by atoms with Gasteiger partial charge >= 0.3 is 0 Å². The van der Waals surface area contributed by atoms with Crippen LogP contribution < -0.4 is 19.3 Å². The molecule has 0 unspecified atom stereocenters. The van der Waals surface area contributed by atoms with Crippen LogP contribution in [0.5, 0.6) is 17.4 Å². The van der Waals surface area contributed by atoms with Gasteiger partial charge in [0.15, 0.2) is 0 Å².